The number of benzene rings is 3. The molecule has 0 aromatic heterocycles. The van der Waals surface area contributed by atoms with Gasteiger partial charge in [0, 0.05) is 25.8 Å². The fraction of sp³-hybridized carbons (Fsp3) is 0.364. The first-order chi connectivity index (χ1) is 20.7. The van der Waals surface area contributed by atoms with Gasteiger partial charge in [-0.05, 0) is 71.8 Å². The van der Waals surface area contributed by atoms with E-state index in [1.54, 1.807) is 54.6 Å². The highest BCUT2D eigenvalue weighted by molar-refractivity contribution is 6.00. The van der Waals surface area contributed by atoms with E-state index in [9.17, 15) is 20.0 Å². The Bertz CT molecular complexity index is 1520. The van der Waals surface area contributed by atoms with Gasteiger partial charge in [-0.15, -0.1) is 0 Å². The number of aliphatic hydroxyl groups excluding tert-OH is 1. The van der Waals surface area contributed by atoms with Crippen LogP contribution in [0.2, 0.25) is 0 Å². The van der Waals surface area contributed by atoms with Gasteiger partial charge in [0.25, 0.3) is 0 Å². The summed E-state index contributed by atoms with van der Waals surface area (Å²) in [5.41, 5.74) is 9.06. The van der Waals surface area contributed by atoms with Gasteiger partial charge in [0.2, 0.25) is 5.91 Å². The van der Waals surface area contributed by atoms with Gasteiger partial charge in [-0.2, -0.15) is 5.26 Å². The molecule has 2 aliphatic rings. The van der Waals surface area contributed by atoms with Gasteiger partial charge in [-0.25, -0.2) is 9.18 Å². The maximum Gasteiger partial charge on any atom is 0.322 e. The van der Waals surface area contributed by atoms with Crippen molar-refractivity contribution in [1.29, 1.82) is 5.26 Å². The molecule has 3 amide bonds. The number of likely N-dealkylation sites (tertiary alicyclic amines) is 1. The van der Waals surface area contributed by atoms with Crippen LogP contribution in [-0.4, -0.2) is 47.7 Å². The van der Waals surface area contributed by atoms with Crippen LogP contribution in [0.4, 0.5) is 20.6 Å². The zero-order chi connectivity index (χ0) is 30.6. The van der Waals surface area contributed by atoms with Crippen molar-refractivity contribution in [2.75, 3.05) is 24.3 Å². The molecule has 3 atom stereocenters. The largest absolute Gasteiger partial charge is 0.392 e. The van der Waals surface area contributed by atoms with E-state index in [0.29, 0.717) is 34.7 Å². The van der Waals surface area contributed by atoms with Crippen LogP contribution in [0.3, 0.4) is 0 Å². The Balaban J connectivity index is 1.38. The number of hydrogen-bond donors (Lipinski definition) is 4. The average molecular weight is 586 g/mol. The van der Waals surface area contributed by atoms with Crippen molar-refractivity contribution in [2.24, 2.45) is 11.7 Å². The van der Waals surface area contributed by atoms with Crippen LogP contribution in [0.25, 0.3) is 0 Å². The lowest BCUT2D eigenvalue weighted by atomic mass is 9.79. The Morgan fingerprint density at radius 2 is 1.86 bits per heavy atom. The van der Waals surface area contributed by atoms with E-state index in [-0.39, 0.29) is 31.4 Å². The van der Waals surface area contributed by atoms with E-state index in [1.807, 2.05) is 6.07 Å². The number of carbonyl (C=O) groups is 2. The second kappa shape index (κ2) is 12.9. The fourth-order valence-electron chi connectivity index (χ4n) is 5.60. The van der Waals surface area contributed by atoms with Gasteiger partial charge in [-0.3, -0.25) is 4.79 Å². The molecule has 1 saturated heterocycles. The lowest BCUT2D eigenvalue weighted by Gasteiger charge is -2.32. The summed E-state index contributed by atoms with van der Waals surface area (Å²) < 4.78 is 20.6. The van der Waals surface area contributed by atoms with Crippen LogP contribution in [0.15, 0.2) is 66.7 Å². The quantitative estimate of drug-likeness (QED) is 0.268. The number of aliphatic hydroxyl groups is 1. The highest BCUT2D eigenvalue weighted by Gasteiger charge is 2.40. The fourth-order valence-corrected chi connectivity index (χ4v) is 5.60. The van der Waals surface area contributed by atoms with Crippen LogP contribution < -0.4 is 16.4 Å². The SMILES string of the molecule is CO[C@@H]1C[C@H](C(=O)Nc2cc(C(N)(CCC3CC3)c3cccc(C#N)c3)ccc2F)N(C(=O)Nc2ccc(CO)cc2)C1. The van der Waals surface area contributed by atoms with Crippen LogP contribution in [0, 0.1) is 23.1 Å². The molecule has 10 heteroatoms. The highest BCUT2D eigenvalue weighted by atomic mass is 19.1. The summed E-state index contributed by atoms with van der Waals surface area (Å²) in [6.45, 7) is 0.0634. The van der Waals surface area contributed by atoms with Gasteiger partial charge in [0.1, 0.15) is 11.9 Å². The van der Waals surface area contributed by atoms with Crippen molar-refractivity contribution < 1.29 is 23.8 Å². The van der Waals surface area contributed by atoms with E-state index >= 15 is 4.39 Å². The Kier molecular flexibility index (Phi) is 9.06. The Morgan fingerprint density at radius 3 is 2.53 bits per heavy atom. The zero-order valence-electron chi connectivity index (χ0n) is 24.1. The van der Waals surface area contributed by atoms with Crippen LogP contribution in [0.1, 0.15) is 54.4 Å². The number of methoxy groups -OCH3 is 1. The van der Waals surface area contributed by atoms with Crippen molar-refractivity contribution in [3.63, 3.8) is 0 Å². The summed E-state index contributed by atoms with van der Waals surface area (Å²) in [6.07, 6.45) is 3.66. The molecule has 1 aliphatic heterocycles. The Morgan fingerprint density at radius 1 is 1.12 bits per heavy atom. The number of nitrogens with one attached hydrogen (secondary N) is 2. The van der Waals surface area contributed by atoms with Gasteiger partial charge >= 0.3 is 6.03 Å². The van der Waals surface area contributed by atoms with Crippen molar-refractivity contribution >= 4 is 23.3 Å². The molecule has 0 spiro atoms. The van der Waals surface area contributed by atoms with E-state index in [4.69, 9.17) is 10.5 Å². The molecule has 1 saturated carbocycles. The van der Waals surface area contributed by atoms with Crippen molar-refractivity contribution in [1.82, 2.24) is 4.90 Å². The van der Waals surface area contributed by atoms with Crippen molar-refractivity contribution in [3.8, 4) is 6.07 Å². The number of anilines is 2. The lowest BCUT2D eigenvalue weighted by molar-refractivity contribution is -0.119. The number of carbonyl (C=O) groups excluding carboxylic acids is 2. The number of halogens is 1. The summed E-state index contributed by atoms with van der Waals surface area (Å²) in [6, 6.07) is 19.0. The van der Waals surface area contributed by atoms with Crippen LogP contribution >= 0.6 is 0 Å². The summed E-state index contributed by atoms with van der Waals surface area (Å²) >= 11 is 0. The lowest BCUT2D eigenvalue weighted by Crippen LogP contribution is -2.45. The zero-order valence-corrected chi connectivity index (χ0v) is 24.1. The van der Waals surface area contributed by atoms with Crippen LogP contribution in [0.5, 0.6) is 0 Å². The second-order valence-electron chi connectivity index (χ2n) is 11.4. The molecule has 0 bridgehead atoms. The van der Waals surface area contributed by atoms with Gasteiger partial charge < -0.3 is 31.1 Å². The maximum atomic E-state index is 15.2. The molecule has 0 radical (unpaired) electrons. The normalized spacial score (nSPS) is 19.4. The molecule has 5 N–H and O–H groups in total. The molecule has 5 rings (SSSR count). The van der Waals surface area contributed by atoms with Crippen LogP contribution in [-0.2, 0) is 21.7 Å². The molecule has 2 fully saturated rings. The molecular formula is C33H36FN5O4. The summed E-state index contributed by atoms with van der Waals surface area (Å²) in [4.78, 5) is 28.2. The number of urea groups is 1. The molecule has 3 aromatic rings. The summed E-state index contributed by atoms with van der Waals surface area (Å²) in [5.74, 6) is -0.579. The first kappa shape index (κ1) is 30.2. The number of amides is 3. The Hall–Kier alpha value is -4.30. The summed E-state index contributed by atoms with van der Waals surface area (Å²) in [5, 5.41) is 24.2. The molecule has 43 heavy (non-hydrogen) atoms. The number of nitrogens with zero attached hydrogens (tertiary/aromatic N) is 2. The highest BCUT2D eigenvalue weighted by Crippen LogP contribution is 2.40. The van der Waals surface area contributed by atoms with E-state index in [2.05, 4.69) is 16.7 Å². The predicted octanol–water partition coefficient (Wildman–Crippen LogP) is 4.84. The first-order valence-electron chi connectivity index (χ1n) is 14.4. The first-order valence-corrected chi connectivity index (χ1v) is 14.4. The standard InChI is InChI=1S/C33H36FN5O4/c1-43-27-17-30(39(19-27)32(42)37-26-10-7-22(20-40)8-11-26)31(41)38-29-16-25(9-12-28(29)34)33(36,14-13-21-5-6-21)24-4-2-3-23(15-24)18-35/h2-4,7-12,15-16,21,27,30,40H,5-6,13-14,17,19-20,36H2,1H3,(H,37,42)(H,38,41)/t27-,30-,33?/m1/s1. The minimum absolute atomic E-state index is 0.0407. The van der Waals surface area contributed by atoms with Crippen molar-refractivity contribution in [2.45, 2.75) is 56.4 Å². The summed E-state index contributed by atoms with van der Waals surface area (Å²) in [7, 11) is 1.52. The number of hydrogen-bond acceptors (Lipinski definition) is 6. The molecule has 1 unspecified atom stereocenters. The Labute approximate surface area is 250 Å². The number of ether oxygens (including phenoxy) is 1. The van der Waals surface area contributed by atoms with Gasteiger partial charge in [-0.1, -0.05) is 43.2 Å². The number of nitrogens with two attached hydrogens (primary N) is 1. The third-order valence-electron chi connectivity index (χ3n) is 8.44. The van der Waals surface area contributed by atoms with Gasteiger partial charge in [0.15, 0.2) is 0 Å². The molecule has 3 aromatic carbocycles. The minimum Gasteiger partial charge on any atom is -0.392 e. The molecule has 224 valence electrons. The van der Waals surface area contributed by atoms with Crippen molar-refractivity contribution in [3.05, 3.63) is 94.8 Å². The third kappa shape index (κ3) is 6.86. The molecule has 1 heterocycles. The molecule has 9 nitrogen and oxygen atoms in total. The van der Waals surface area contributed by atoms with E-state index < -0.39 is 29.3 Å². The van der Waals surface area contributed by atoms with E-state index in [1.165, 1.54) is 18.1 Å². The monoisotopic (exact) mass is 585 g/mol. The molecule has 1 aliphatic carbocycles. The maximum absolute atomic E-state index is 15.2. The third-order valence-corrected chi connectivity index (χ3v) is 8.44. The topological polar surface area (TPSA) is 141 Å². The van der Waals surface area contributed by atoms with E-state index in [0.717, 1.165) is 24.8 Å². The molecular weight excluding hydrogens is 549 g/mol. The number of nitriles is 1. The second-order valence-corrected chi connectivity index (χ2v) is 11.4. The predicted molar refractivity (Wildman–Crippen MR) is 160 cm³/mol. The smallest absolute Gasteiger partial charge is 0.322 e. The van der Waals surface area contributed by atoms with Gasteiger partial charge in [0.05, 0.1) is 35.6 Å². The number of rotatable bonds is 10. The minimum atomic E-state index is -1.01. The average Bonchev–Trinajstić information content (AvgIpc) is 3.76.